The van der Waals surface area contributed by atoms with Gasteiger partial charge in [-0.05, 0) is 31.5 Å². The van der Waals surface area contributed by atoms with E-state index in [0.29, 0.717) is 10.9 Å². The number of hydrogen-bond donors (Lipinski definition) is 0. The molecule has 7 heteroatoms. The fourth-order valence-electron chi connectivity index (χ4n) is 1.95. The minimum absolute atomic E-state index is 0.0176. The van der Waals surface area contributed by atoms with E-state index in [2.05, 4.69) is 20.9 Å². The van der Waals surface area contributed by atoms with Crippen molar-refractivity contribution in [2.45, 2.75) is 31.4 Å². The van der Waals surface area contributed by atoms with Crippen LogP contribution in [0.2, 0.25) is 0 Å². The summed E-state index contributed by atoms with van der Waals surface area (Å²) in [5, 5.41) is 0.469. The highest BCUT2D eigenvalue weighted by atomic mass is 79.9. The van der Waals surface area contributed by atoms with Crippen molar-refractivity contribution in [3.63, 3.8) is 0 Å². The molecule has 2 rings (SSSR count). The van der Waals surface area contributed by atoms with Gasteiger partial charge in [-0.1, -0.05) is 22.0 Å². The normalized spacial score (nSPS) is 12.2. The number of imidazole rings is 1. The Balaban J connectivity index is 2.60. The zero-order valence-electron chi connectivity index (χ0n) is 11.4. The molecule has 0 unspecified atom stereocenters. The molecule has 21 heavy (non-hydrogen) atoms. The number of halogens is 5. The van der Waals surface area contributed by atoms with E-state index in [0.717, 1.165) is 6.20 Å². The molecule has 0 atom stereocenters. The van der Waals surface area contributed by atoms with Gasteiger partial charge in [-0.3, -0.25) is 0 Å². The molecule has 0 radical (unpaired) electrons. The molecular formula is C14H13BrF4N2. The predicted molar refractivity (Wildman–Crippen MR) is 75.6 cm³/mol. The summed E-state index contributed by atoms with van der Waals surface area (Å²) in [5.41, 5.74) is -0.256. The van der Waals surface area contributed by atoms with Gasteiger partial charge in [0.2, 0.25) is 0 Å². The van der Waals surface area contributed by atoms with Crippen molar-refractivity contribution in [1.29, 1.82) is 0 Å². The summed E-state index contributed by atoms with van der Waals surface area (Å²) in [6.45, 7) is 3.44. The number of hydrogen-bond acceptors (Lipinski definition) is 1. The van der Waals surface area contributed by atoms with Crippen LogP contribution in [0.3, 0.4) is 0 Å². The maximum Gasteiger partial charge on any atom is 0.434 e. The summed E-state index contributed by atoms with van der Waals surface area (Å²) in [4.78, 5) is 3.58. The third kappa shape index (κ3) is 3.28. The summed E-state index contributed by atoms with van der Waals surface area (Å²) in [6, 6.07) is 4.13. The third-order valence-corrected chi connectivity index (χ3v) is 3.66. The number of nitrogens with zero attached hydrogens (tertiary/aromatic N) is 2. The van der Waals surface area contributed by atoms with Crippen LogP contribution in [0, 0.1) is 5.82 Å². The molecule has 0 aliphatic carbocycles. The van der Waals surface area contributed by atoms with Gasteiger partial charge in [0.25, 0.3) is 0 Å². The average molecular weight is 365 g/mol. The van der Waals surface area contributed by atoms with Crippen LogP contribution in [-0.2, 0) is 11.5 Å². The van der Waals surface area contributed by atoms with Crippen LogP contribution >= 0.6 is 15.9 Å². The number of benzene rings is 1. The smallest absolute Gasteiger partial charge is 0.328 e. The fourth-order valence-corrected chi connectivity index (χ4v) is 2.29. The van der Waals surface area contributed by atoms with Crippen molar-refractivity contribution in [2.24, 2.45) is 0 Å². The Bertz CT molecular complexity index is 647. The molecule has 0 saturated heterocycles. The molecule has 1 aromatic carbocycles. The molecule has 2 nitrogen and oxygen atoms in total. The van der Waals surface area contributed by atoms with Gasteiger partial charge in [-0.15, -0.1) is 0 Å². The Morgan fingerprint density at radius 3 is 2.43 bits per heavy atom. The van der Waals surface area contributed by atoms with Gasteiger partial charge in [0.05, 0.1) is 5.56 Å². The highest BCUT2D eigenvalue weighted by Crippen LogP contribution is 2.33. The SMILES string of the molecule is CC(C)n1cc(C(F)(F)F)nc1-c1ccc(CBr)cc1F. The minimum atomic E-state index is -4.55. The largest absolute Gasteiger partial charge is 0.434 e. The Labute approximate surface area is 127 Å². The fraction of sp³-hybridized carbons (Fsp3) is 0.357. The van der Waals surface area contributed by atoms with Crippen LogP contribution in [0.1, 0.15) is 31.1 Å². The third-order valence-electron chi connectivity index (χ3n) is 3.01. The lowest BCUT2D eigenvalue weighted by Crippen LogP contribution is -2.05. The molecule has 0 aliphatic rings. The second kappa shape index (κ2) is 5.79. The Morgan fingerprint density at radius 2 is 1.95 bits per heavy atom. The van der Waals surface area contributed by atoms with Crippen LogP contribution in [0.5, 0.6) is 0 Å². The van der Waals surface area contributed by atoms with Gasteiger partial charge < -0.3 is 4.57 Å². The van der Waals surface area contributed by atoms with E-state index < -0.39 is 17.7 Å². The first-order valence-electron chi connectivity index (χ1n) is 6.25. The molecule has 0 bridgehead atoms. The van der Waals surface area contributed by atoms with E-state index in [1.54, 1.807) is 19.9 Å². The van der Waals surface area contributed by atoms with Crippen LogP contribution in [-0.4, -0.2) is 9.55 Å². The van der Waals surface area contributed by atoms with E-state index in [4.69, 9.17) is 0 Å². The minimum Gasteiger partial charge on any atom is -0.328 e. The highest BCUT2D eigenvalue weighted by Gasteiger charge is 2.35. The monoisotopic (exact) mass is 364 g/mol. The van der Waals surface area contributed by atoms with Crippen molar-refractivity contribution < 1.29 is 17.6 Å². The highest BCUT2D eigenvalue weighted by molar-refractivity contribution is 9.08. The van der Waals surface area contributed by atoms with Crippen LogP contribution in [0.4, 0.5) is 17.6 Å². The Kier molecular flexibility index (Phi) is 4.41. The quantitative estimate of drug-likeness (QED) is 0.541. The van der Waals surface area contributed by atoms with E-state index in [1.165, 1.54) is 16.7 Å². The maximum atomic E-state index is 14.1. The summed E-state index contributed by atoms with van der Waals surface area (Å²) < 4.78 is 53.9. The summed E-state index contributed by atoms with van der Waals surface area (Å²) in [7, 11) is 0. The van der Waals surface area contributed by atoms with Gasteiger partial charge in [-0.25, -0.2) is 9.37 Å². The maximum absolute atomic E-state index is 14.1. The number of alkyl halides is 4. The first kappa shape index (κ1) is 16.0. The standard InChI is InChI=1S/C14H13BrF4N2/c1-8(2)21-7-12(14(17,18)19)20-13(21)10-4-3-9(6-15)5-11(10)16/h3-5,7-8H,6H2,1-2H3. The molecule has 1 aromatic heterocycles. The molecule has 0 N–H and O–H groups in total. The lowest BCUT2D eigenvalue weighted by molar-refractivity contribution is -0.140. The molecule has 114 valence electrons. The van der Waals surface area contributed by atoms with Gasteiger partial charge >= 0.3 is 6.18 Å². The summed E-state index contributed by atoms with van der Waals surface area (Å²) in [5.74, 6) is -0.607. The van der Waals surface area contributed by atoms with Gasteiger partial charge in [0.15, 0.2) is 5.69 Å². The van der Waals surface area contributed by atoms with Crippen molar-refractivity contribution in [1.82, 2.24) is 9.55 Å². The molecule has 0 spiro atoms. The zero-order chi connectivity index (χ0) is 15.8. The molecule has 0 fully saturated rings. The van der Waals surface area contributed by atoms with Crippen molar-refractivity contribution in [3.8, 4) is 11.4 Å². The van der Waals surface area contributed by atoms with Gasteiger partial charge in [0, 0.05) is 17.6 Å². The average Bonchev–Trinajstić information content (AvgIpc) is 2.83. The number of aromatic nitrogens is 2. The molecule has 2 aromatic rings. The Hall–Kier alpha value is -1.37. The Morgan fingerprint density at radius 1 is 1.29 bits per heavy atom. The van der Waals surface area contributed by atoms with Crippen molar-refractivity contribution >= 4 is 15.9 Å². The van der Waals surface area contributed by atoms with Crippen LogP contribution in [0.25, 0.3) is 11.4 Å². The second-order valence-corrected chi connectivity index (χ2v) is 5.46. The number of rotatable bonds is 3. The van der Waals surface area contributed by atoms with E-state index in [1.807, 2.05) is 0 Å². The molecule has 1 heterocycles. The summed E-state index contributed by atoms with van der Waals surface area (Å²) >= 11 is 3.20. The molecule has 0 aliphatic heterocycles. The van der Waals surface area contributed by atoms with Crippen LogP contribution in [0.15, 0.2) is 24.4 Å². The molecule has 0 amide bonds. The van der Waals surface area contributed by atoms with Gasteiger partial charge in [0.1, 0.15) is 11.6 Å². The lowest BCUT2D eigenvalue weighted by Gasteiger charge is -2.12. The van der Waals surface area contributed by atoms with Gasteiger partial charge in [-0.2, -0.15) is 13.2 Å². The van der Waals surface area contributed by atoms with E-state index >= 15 is 0 Å². The lowest BCUT2D eigenvalue weighted by atomic mass is 10.1. The van der Waals surface area contributed by atoms with E-state index in [9.17, 15) is 17.6 Å². The summed E-state index contributed by atoms with van der Waals surface area (Å²) in [6.07, 6.45) is -3.64. The molecule has 0 saturated carbocycles. The topological polar surface area (TPSA) is 17.8 Å². The second-order valence-electron chi connectivity index (χ2n) is 4.90. The first-order chi connectivity index (χ1) is 9.74. The van der Waals surface area contributed by atoms with Crippen molar-refractivity contribution in [2.75, 3.05) is 0 Å². The first-order valence-corrected chi connectivity index (χ1v) is 7.37. The predicted octanol–water partition coefficient (Wildman–Crippen LogP) is 5.18. The zero-order valence-corrected chi connectivity index (χ0v) is 13.0. The van der Waals surface area contributed by atoms with Crippen molar-refractivity contribution in [3.05, 3.63) is 41.5 Å². The molecular weight excluding hydrogens is 352 g/mol. The van der Waals surface area contributed by atoms with Crippen LogP contribution < -0.4 is 0 Å². The van der Waals surface area contributed by atoms with E-state index in [-0.39, 0.29) is 17.4 Å².